The molecule has 0 aliphatic heterocycles. The summed E-state index contributed by atoms with van der Waals surface area (Å²) in [5, 5.41) is 5.93. The first kappa shape index (κ1) is 23.8. The maximum atomic E-state index is 12.7. The lowest BCUT2D eigenvalue weighted by molar-refractivity contribution is 0.0974. The predicted octanol–water partition coefficient (Wildman–Crippen LogP) is 5.99. The molecule has 0 spiro atoms. The summed E-state index contributed by atoms with van der Waals surface area (Å²) in [5.41, 5.74) is 2.43. The third kappa shape index (κ3) is 7.35. The van der Waals surface area contributed by atoms with Crippen molar-refractivity contribution in [2.75, 3.05) is 18.5 Å². The van der Waals surface area contributed by atoms with Gasteiger partial charge in [0.2, 0.25) is 0 Å². The molecular formula is C25H25BrN2O3S. The predicted molar refractivity (Wildman–Crippen MR) is 136 cm³/mol. The maximum absolute atomic E-state index is 12.7. The van der Waals surface area contributed by atoms with Gasteiger partial charge in [0.25, 0.3) is 5.91 Å². The quantitative estimate of drug-likeness (QED) is 0.272. The van der Waals surface area contributed by atoms with Gasteiger partial charge >= 0.3 is 0 Å². The number of carbonyl (C=O) groups is 1. The highest BCUT2D eigenvalue weighted by Crippen LogP contribution is 2.23. The highest BCUT2D eigenvalue weighted by Gasteiger charge is 2.15. The number of hydrogen-bond donors (Lipinski definition) is 2. The summed E-state index contributed by atoms with van der Waals surface area (Å²) >= 11 is 8.70. The van der Waals surface area contributed by atoms with Gasteiger partial charge in [0, 0.05) is 16.2 Å². The number of thiocarbonyl (C=S) groups is 1. The summed E-state index contributed by atoms with van der Waals surface area (Å²) in [7, 11) is 0. The number of benzene rings is 3. The molecule has 166 valence electrons. The molecule has 0 heterocycles. The van der Waals surface area contributed by atoms with Gasteiger partial charge in [0.1, 0.15) is 11.5 Å². The van der Waals surface area contributed by atoms with Gasteiger partial charge in [0.15, 0.2) is 5.11 Å². The van der Waals surface area contributed by atoms with Crippen LogP contribution in [-0.2, 0) is 6.42 Å². The number of nitrogens with one attached hydrogen (secondary N) is 2. The molecule has 0 aliphatic rings. The normalized spacial score (nSPS) is 10.3. The summed E-state index contributed by atoms with van der Waals surface area (Å²) in [6.45, 7) is 2.94. The van der Waals surface area contributed by atoms with Crippen molar-refractivity contribution in [3.63, 3.8) is 0 Å². The molecule has 1 amide bonds. The molecular weight excluding hydrogens is 488 g/mol. The van der Waals surface area contributed by atoms with E-state index in [0.29, 0.717) is 24.5 Å². The van der Waals surface area contributed by atoms with Gasteiger partial charge in [-0.15, -0.1) is 0 Å². The van der Waals surface area contributed by atoms with Gasteiger partial charge in [0.05, 0.1) is 18.8 Å². The van der Waals surface area contributed by atoms with Gasteiger partial charge in [-0.3, -0.25) is 10.1 Å². The van der Waals surface area contributed by atoms with Crippen LogP contribution < -0.4 is 20.1 Å². The average molecular weight is 513 g/mol. The van der Waals surface area contributed by atoms with Crippen molar-refractivity contribution in [3.05, 3.63) is 88.4 Å². The SMILES string of the molecule is CCOc1ccc(Br)cc1C(=O)NC(=S)Nc1cccc(OCCCc2ccccc2)c1. The average Bonchev–Trinajstić information content (AvgIpc) is 2.79. The Hall–Kier alpha value is -2.90. The maximum Gasteiger partial charge on any atom is 0.261 e. The molecule has 0 saturated carbocycles. The van der Waals surface area contributed by atoms with Crippen LogP contribution in [0.4, 0.5) is 5.69 Å². The highest BCUT2D eigenvalue weighted by molar-refractivity contribution is 9.10. The van der Waals surface area contributed by atoms with Gasteiger partial charge in [-0.05, 0) is 67.9 Å². The van der Waals surface area contributed by atoms with Crippen LogP contribution in [0.5, 0.6) is 11.5 Å². The Balaban J connectivity index is 1.52. The van der Waals surface area contributed by atoms with Crippen LogP contribution in [0.3, 0.4) is 0 Å². The number of carbonyl (C=O) groups excluding carboxylic acids is 1. The van der Waals surface area contributed by atoms with E-state index in [1.54, 1.807) is 12.1 Å². The lowest BCUT2D eigenvalue weighted by Crippen LogP contribution is -2.34. The summed E-state index contributed by atoms with van der Waals surface area (Å²) in [6, 6.07) is 23.1. The van der Waals surface area contributed by atoms with Crippen molar-refractivity contribution < 1.29 is 14.3 Å². The first-order chi connectivity index (χ1) is 15.5. The lowest BCUT2D eigenvalue weighted by Gasteiger charge is -2.13. The molecule has 0 atom stereocenters. The summed E-state index contributed by atoms with van der Waals surface area (Å²) in [4.78, 5) is 12.7. The van der Waals surface area contributed by atoms with Gasteiger partial charge in [-0.25, -0.2) is 0 Å². The third-order valence-corrected chi connectivity index (χ3v) is 5.22. The van der Waals surface area contributed by atoms with E-state index in [1.807, 2.05) is 55.5 Å². The molecule has 2 N–H and O–H groups in total. The third-order valence-electron chi connectivity index (χ3n) is 4.53. The zero-order chi connectivity index (χ0) is 22.8. The Bertz CT molecular complexity index is 1060. The van der Waals surface area contributed by atoms with E-state index < -0.39 is 0 Å². The Morgan fingerprint density at radius 2 is 1.81 bits per heavy atom. The van der Waals surface area contributed by atoms with E-state index in [1.165, 1.54) is 5.56 Å². The smallest absolute Gasteiger partial charge is 0.261 e. The zero-order valence-electron chi connectivity index (χ0n) is 17.8. The number of halogens is 1. The summed E-state index contributed by atoms with van der Waals surface area (Å²) in [6.07, 6.45) is 1.89. The van der Waals surface area contributed by atoms with Crippen molar-refractivity contribution in [1.29, 1.82) is 0 Å². The molecule has 0 saturated heterocycles. The second-order valence-electron chi connectivity index (χ2n) is 6.95. The van der Waals surface area contributed by atoms with E-state index in [0.717, 1.165) is 28.8 Å². The number of rotatable bonds is 9. The van der Waals surface area contributed by atoms with Gasteiger partial charge in [-0.2, -0.15) is 0 Å². The van der Waals surface area contributed by atoms with Crippen LogP contribution in [0.15, 0.2) is 77.3 Å². The largest absolute Gasteiger partial charge is 0.494 e. The number of anilines is 1. The van der Waals surface area contributed by atoms with Crippen LogP contribution in [0.25, 0.3) is 0 Å². The molecule has 0 bridgehead atoms. The number of hydrogen-bond acceptors (Lipinski definition) is 4. The molecule has 7 heteroatoms. The van der Waals surface area contributed by atoms with Crippen LogP contribution in [0, 0.1) is 0 Å². The molecule has 0 fully saturated rings. The van der Waals surface area contributed by atoms with Crippen LogP contribution >= 0.6 is 28.1 Å². The van der Waals surface area contributed by atoms with Crippen molar-refractivity contribution in [2.45, 2.75) is 19.8 Å². The topological polar surface area (TPSA) is 59.6 Å². The molecule has 0 aliphatic carbocycles. The van der Waals surface area contributed by atoms with Crippen molar-refractivity contribution in [3.8, 4) is 11.5 Å². The van der Waals surface area contributed by atoms with Crippen LogP contribution in [0.1, 0.15) is 29.3 Å². The van der Waals surface area contributed by atoms with Gasteiger partial charge < -0.3 is 14.8 Å². The minimum Gasteiger partial charge on any atom is -0.494 e. The highest BCUT2D eigenvalue weighted by atomic mass is 79.9. The van der Waals surface area contributed by atoms with E-state index >= 15 is 0 Å². The van der Waals surface area contributed by atoms with Crippen molar-refractivity contribution in [1.82, 2.24) is 5.32 Å². The van der Waals surface area contributed by atoms with Crippen LogP contribution in [0.2, 0.25) is 0 Å². The summed E-state index contributed by atoms with van der Waals surface area (Å²) < 4.78 is 12.2. The van der Waals surface area contributed by atoms with Crippen LogP contribution in [-0.4, -0.2) is 24.2 Å². The fourth-order valence-electron chi connectivity index (χ4n) is 3.07. The monoisotopic (exact) mass is 512 g/mol. The van der Waals surface area contributed by atoms with Gasteiger partial charge in [-0.1, -0.05) is 52.3 Å². The summed E-state index contributed by atoms with van der Waals surface area (Å²) in [5.74, 6) is 0.894. The first-order valence-electron chi connectivity index (χ1n) is 10.4. The minimum atomic E-state index is -0.347. The first-order valence-corrected chi connectivity index (χ1v) is 11.6. The Morgan fingerprint density at radius 1 is 1.00 bits per heavy atom. The van der Waals surface area contributed by atoms with E-state index in [9.17, 15) is 4.79 Å². The Kier molecular flexibility index (Phi) is 9.07. The number of aryl methyl sites for hydroxylation is 1. The molecule has 5 nitrogen and oxygen atoms in total. The molecule has 0 unspecified atom stereocenters. The molecule has 3 aromatic rings. The Labute approximate surface area is 202 Å². The Morgan fingerprint density at radius 3 is 2.59 bits per heavy atom. The lowest BCUT2D eigenvalue weighted by atomic mass is 10.1. The minimum absolute atomic E-state index is 0.193. The second-order valence-corrected chi connectivity index (χ2v) is 8.27. The second kappa shape index (κ2) is 12.2. The molecule has 3 rings (SSSR count). The van der Waals surface area contributed by atoms with Crippen molar-refractivity contribution in [2.24, 2.45) is 0 Å². The fraction of sp³-hybridized carbons (Fsp3) is 0.200. The fourth-order valence-corrected chi connectivity index (χ4v) is 3.64. The van der Waals surface area contributed by atoms with Crippen molar-refractivity contribution >= 4 is 44.9 Å². The van der Waals surface area contributed by atoms with E-state index in [2.05, 4.69) is 38.7 Å². The molecule has 0 aromatic heterocycles. The standard InChI is InChI=1S/C25H25BrN2O3S/c1-2-30-23-14-13-19(26)16-22(23)24(29)28-25(32)27-20-11-6-12-21(17-20)31-15-7-10-18-8-4-3-5-9-18/h3-6,8-9,11-14,16-17H,2,7,10,15H2,1H3,(H2,27,28,29,32). The zero-order valence-corrected chi connectivity index (χ0v) is 20.2. The molecule has 3 aromatic carbocycles. The molecule has 0 radical (unpaired) electrons. The number of amides is 1. The van der Waals surface area contributed by atoms with E-state index in [4.69, 9.17) is 21.7 Å². The number of ether oxygens (including phenoxy) is 2. The molecule has 32 heavy (non-hydrogen) atoms. The van der Waals surface area contributed by atoms with E-state index in [-0.39, 0.29) is 11.0 Å².